The molecule has 0 heterocycles. The summed E-state index contributed by atoms with van der Waals surface area (Å²) in [6.45, 7) is 3.00. The molecule has 0 spiro atoms. The van der Waals surface area contributed by atoms with Crippen LogP contribution in [0.4, 0.5) is 0 Å². The first kappa shape index (κ1) is 15.2. The average molecular weight is 275 g/mol. The summed E-state index contributed by atoms with van der Waals surface area (Å²) in [6, 6.07) is 7.98. The molecule has 1 aromatic carbocycles. The summed E-state index contributed by atoms with van der Waals surface area (Å²) in [5.74, 6) is 2.38. The second-order valence-electron chi connectivity index (χ2n) is 6.09. The summed E-state index contributed by atoms with van der Waals surface area (Å²) < 4.78 is 5.73. The summed E-state index contributed by atoms with van der Waals surface area (Å²) in [4.78, 5) is 0. The number of phenolic OH excluding ortho intramolecular Hbond substituents is 1. The first-order valence-electron chi connectivity index (χ1n) is 8.11. The largest absolute Gasteiger partial charge is 0.504 e. The van der Waals surface area contributed by atoms with E-state index in [9.17, 15) is 5.11 Å². The molecule has 0 atom stereocenters. The van der Waals surface area contributed by atoms with Crippen molar-refractivity contribution in [3.63, 3.8) is 0 Å². The molecular formula is C18H27O2. The van der Waals surface area contributed by atoms with Gasteiger partial charge in [-0.2, -0.15) is 0 Å². The Morgan fingerprint density at radius 1 is 1.20 bits per heavy atom. The van der Waals surface area contributed by atoms with Crippen LogP contribution >= 0.6 is 0 Å². The summed E-state index contributed by atoms with van der Waals surface area (Å²) in [7, 11) is 0. The number of unbranched alkanes of at least 4 members (excludes halogenated alkanes) is 2. The molecule has 2 nitrogen and oxygen atoms in total. The quantitative estimate of drug-likeness (QED) is 0.713. The zero-order valence-electron chi connectivity index (χ0n) is 12.6. The van der Waals surface area contributed by atoms with Crippen molar-refractivity contribution >= 4 is 0 Å². The van der Waals surface area contributed by atoms with Gasteiger partial charge in [0.15, 0.2) is 11.5 Å². The molecular weight excluding hydrogens is 248 g/mol. The van der Waals surface area contributed by atoms with Crippen LogP contribution in [-0.2, 0) is 0 Å². The third-order valence-corrected chi connectivity index (χ3v) is 4.46. The van der Waals surface area contributed by atoms with Crippen molar-refractivity contribution in [1.82, 2.24) is 0 Å². The molecule has 0 amide bonds. The van der Waals surface area contributed by atoms with Crippen LogP contribution in [0.15, 0.2) is 18.2 Å². The van der Waals surface area contributed by atoms with E-state index in [4.69, 9.17) is 4.74 Å². The van der Waals surface area contributed by atoms with E-state index >= 15 is 0 Å². The predicted molar refractivity (Wildman–Crippen MR) is 82.0 cm³/mol. The molecule has 1 aliphatic rings. The minimum atomic E-state index is 0.219. The maximum Gasteiger partial charge on any atom is 0.161 e. The van der Waals surface area contributed by atoms with Crippen LogP contribution in [0.2, 0.25) is 0 Å². The summed E-state index contributed by atoms with van der Waals surface area (Å²) in [5.41, 5.74) is 0. The third kappa shape index (κ3) is 4.73. The fraction of sp³-hybridized carbons (Fsp3) is 0.667. The Kier molecular flexibility index (Phi) is 6.23. The van der Waals surface area contributed by atoms with E-state index < -0.39 is 0 Å². The Labute approximate surface area is 123 Å². The molecule has 0 aromatic heterocycles. The minimum absolute atomic E-state index is 0.219. The molecule has 0 aliphatic heterocycles. The van der Waals surface area contributed by atoms with Crippen LogP contribution in [0.1, 0.15) is 58.3 Å². The van der Waals surface area contributed by atoms with Gasteiger partial charge >= 0.3 is 0 Å². The van der Waals surface area contributed by atoms with Crippen molar-refractivity contribution in [2.75, 3.05) is 6.61 Å². The van der Waals surface area contributed by atoms with Crippen molar-refractivity contribution in [2.24, 2.45) is 11.8 Å². The van der Waals surface area contributed by atoms with Gasteiger partial charge in [-0.1, -0.05) is 51.5 Å². The van der Waals surface area contributed by atoms with Crippen molar-refractivity contribution < 1.29 is 9.84 Å². The molecule has 0 saturated heterocycles. The van der Waals surface area contributed by atoms with Crippen molar-refractivity contribution in [3.8, 4) is 11.5 Å². The SMILES string of the molecule is CCCCCC1CCC(COc2c[c]ccc2O)CC1. The van der Waals surface area contributed by atoms with Crippen molar-refractivity contribution in [3.05, 3.63) is 24.3 Å². The molecule has 1 aliphatic carbocycles. The highest BCUT2D eigenvalue weighted by Crippen LogP contribution is 2.33. The Morgan fingerprint density at radius 3 is 2.65 bits per heavy atom. The van der Waals surface area contributed by atoms with E-state index in [-0.39, 0.29) is 5.75 Å². The van der Waals surface area contributed by atoms with Crippen LogP contribution in [0.3, 0.4) is 0 Å². The van der Waals surface area contributed by atoms with Crippen LogP contribution in [-0.4, -0.2) is 11.7 Å². The molecule has 1 aromatic rings. The van der Waals surface area contributed by atoms with Crippen LogP contribution < -0.4 is 4.74 Å². The fourth-order valence-electron chi connectivity index (χ4n) is 3.10. The molecule has 20 heavy (non-hydrogen) atoms. The lowest BCUT2D eigenvalue weighted by atomic mass is 9.80. The second kappa shape index (κ2) is 8.18. The molecule has 0 unspecified atom stereocenters. The Hall–Kier alpha value is -1.18. The van der Waals surface area contributed by atoms with Gasteiger partial charge < -0.3 is 9.84 Å². The lowest BCUT2D eigenvalue weighted by molar-refractivity contribution is 0.174. The summed E-state index contributed by atoms with van der Waals surface area (Å²) in [6.07, 6.45) is 10.8. The van der Waals surface area contributed by atoms with Gasteiger partial charge in [0.25, 0.3) is 0 Å². The average Bonchev–Trinajstić information content (AvgIpc) is 2.48. The van der Waals surface area contributed by atoms with Gasteiger partial charge in [-0.05, 0) is 42.9 Å². The number of hydrogen-bond acceptors (Lipinski definition) is 2. The second-order valence-corrected chi connectivity index (χ2v) is 6.09. The highest BCUT2D eigenvalue weighted by molar-refractivity contribution is 5.37. The Bertz CT molecular complexity index is 381. The van der Waals surface area contributed by atoms with E-state index in [0.29, 0.717) is 11.7 Å². The van der Waals surface area contributed by atoms with Gasteiger partial charge in [0, 0.05) is 0 Å². The first-order chi connectivity index (χ1) is 9.79. The highest BCUT2D eigenvalue weighted by atomic mass is 16.5. The van der Waals surface area contributed by atoms with E-state index in [1.807, 2.05) is 0 Å². The zero-order chi connectivity index (χ0) is 14.2. The number of ether oxygens (including phenoxy) is 1. The molecule has 2 rings (SSSR count). The topological polar surface area (TPSA) is 29.5 Å². The molecule has 1 N–H and O–H groups in total. The molecule has 1 fully saturated rings. The zero-order valence-corrected chi connectivity index (χ0v) is 12.6. The summed E-state index contributed by atoms with van der Waals surface area (Å²) in [5, 5.41) is 9.66. The molecule has 111 valence electrons. The minimum Gasteiger partial charge on any atom is -0.504 e. The van der Waals surface area contributed by atoms with E-state index in [1.165, 1.54) is 51.4 Å². The van der Waals surface area contributed by atoms with Crippen LogP contribution in [0.25, 0.3) is 0 Å². The van der Waals surface area contributed by atoms with Gasteiger partial charge in [0.05, 0.1) is 6.61 Å². The normalized spacial score (nSPS) is 22.6. The van der Waals surface area contributed by atoms with Crippen molar-refractivity contribution in [1.29, 1.82) is 0 Å². The monoisotopic (exact) mass is 275 g/mol. The van der Waals surface area contributed by atoms with Gasteiger partial charge in [0.1, 0.15) is 0 Å². The molecule has 1 saturated carbocycles. The van der Waals surface area contributed by atoms with E-state index in [1.54, 1.807) is 18.2 Å². The van der Waals surface area contributed by atoms with Crippen molar-refractivity contribution in [2.45, 2.75) is 58.3 Å². The molecule has 1 radical (unpaired) electrons. The lowest BCUT2D eigenvalue weighted by Gasteiger charge is -2.28. The highest BCUT2D eigenvalue weighted by Gasteiger charge is 2.21. The lowest BCUT2D eigenvalue weighted by Crippen LogP contribution is -2.20. The van der Waals surface area contributed by atoms with E-state index in [2.05, 4.69) is 13.0 Å². The predicted octanol–water partition coefficient (Wildman–Crippen LogP) is 4.96. The number of aromatic hydroxyl groups is 1. The standard InChI is InChI=1S/C18H27O2/c1-2-3-4-7-15-10-12-16(13-11-15)14-20-18-9-6-5-8-17(18)19/h5,8-9,15-16,19H,2-4,7,10-14H2,1H3. The van der Waals surface area contributed by atoms with E-state index in [0.717, 1.165) is 12.5 Å². The van der Waals surface area contributed by atoms with Gasteiger partial charge in [-0.3, -0.25) is 0 Å². The molecule has 2 heteroatoms. The number of benzene rings is 1. The fourth-order valence-corrected chi connectivity index (χ4v) is 3.10. The van der Waals surface area contributed by atoms with Crippen LogP contribution in [0.5, 0.6) is 11.5 Å². The maximum atomic E-state index is 9.66. The molecule has 0 bridgehead atoms. The first-order valence-corrected chi connectivity index (χ1v) is 8.11. The smallest absolute Gasteiger partial charge is 0.161 e. The summed E-state index contributed by atoms with van der Waals surface area (Å²) >= 11 is 0. The van der Waals surface area contributed by atoms with Gasteiger partial charge in [-0.15, -0.1) is 0 Å². The number of rotatable bonds is 7. The Morgan fingerprint density at radius 2 is 1.95 bits per heavy atom. The van der Waals surface area contributed by atoms with Crippen LogP contribution in [0, 0.1) is 17.9 Å². The van der Waals surface area contributed by atoms with Gasteiger partial charge in [-0.25, -0.2) is 0 Å². The number of phenols is 1. The maximum absolute atomic E-state index is 9.66. The van der Waals surface area contributed by atoms with Gasteiger partial charge in [0.2, 0.25) is 0 Å². The number of hydrogen-bond donors (Lipinski definition) is 1. The third-order valence-electron chi connectivity index (χ3n) is 4.46. The Balaban J connectivity index is 1.66.